The minimum atomic E-state index is 0.605. The summed E-state index contributed by atoms with van der Waals surface area (Å²) in [5.74, 6) is 0.605. The Kier molecular flexibility index (Phi) is 3.31. The van der Waals surface area contributed by atoms with Gasteiger partial charge in [0.1, 0.15) is 0 Å². The van der Waals surface area contributed by atoms with Gasteiger partial charge < -0.3 is 15.6 Å². The average Bonchev–Trinajstić information content (AvgIpc) is 2.34. The predicted octanol–water partition coefficient (Wildman–Crippen LogP) is 0.674. The highest BCUT2D eigenvalue weighted by Crippen LogP contribution is 2.13. The number of imidazole rings is 1. The number of nitrogens with zero attached hydrogens (tertiary/aromatic N) is 2. The molecule has 0 bridgehead atoms. The second-order valence-corrected chi connectivity index (χ2v) is 3.20. The third kappa shape index (κ3) is 2.01. The van der Waals surface area contributed by atoms with Crippen molar-refractivity contribution in [3.63, 3.8) is 0 Å². The van der Waals surface area contributed by atoms with Gasteiger partial charge in [-0.25, -0.2) is 4.98 Å². The lowest BCUT2D eigenvalue weighted by atomic mass is 10.2. The zero-order valence-electron chi connectivity index (χ0n) is 8.59. The van der Waals surface area contributed by atoms with Crippen LogP contribution in [0.2, 0.25) is 0 Å². The molecule has 13 heavy (non-hydrogen) atoms. The normalized spacial score (nSPS) is 10.7. The van der Waals surface area contributed by atoms with E-state index in [1.807, 2.05) is 18.7 Å². The van der Waals surface area contributed by atoms with E-state index in [1.54, 1.807) is 0 Å². The average molecular weight is 182 g/mol. The molecule has 0 spiro atoms. The predicted molar refractivity (Wildman–Crippen MR) is 54.4 cm³/mol. The molecule has 3 N–H and O–H groups in total. The van der Waals surface area contributed by atoms with E-state index in [1.165, 1.54) is 5.69 Å². The highest BCUT2D eigenvalue weighted by Gasteiger charge is 2.10. The first-order chi connectivity index (χ1) is 6.20. The SMILES string of the molecule is CCCc1nc(N)n(C)c1CNC. The molecule has 0 aliphatic rings. The van der Waals surface area contributed by atoms with E-state index in [-0.39, 0.29) is 0 Å². The fraction of sp³-hybridized carbons (Fsp3) is 0.667. The lowest BCUT2D eigenvalue weighted by molar-refractivity contribution is 0.722. The zero-order valence-corrected chi connectivity index (χ0v) is 8.59. The Morgan fingerprint density at radius 3 is 2.77 bits per heavy atom. The molecule has 1 rings (SSSR count). The number of nitrogen functional groups attached to an aromatic ring is 1. The number of hydrogen-bond acceptors (Lipinski definition) is 3. The highest BCUT2D eigenvalue weighted by molar-refractivity contribution is 5.29. The first kappa shape index (κ1) is 10.1. The molecule has 0 fully saturated rings. The van der Waals surface area contributed by atoms with Crippen LogP contribution in [0, 0.1) is 0 Å². The molecule has 0 aliphatic heterocycles. The molecule has 0 radical (unpaired) electrons. The monoisotopic (exact) mass is 182 g/mol. The second kappa shape index (κ2) is 4.28. The van der Waals surface area contributed by atoms with Crippen LogP contribution in [0.5, 0.6) is 0 Å². The van der Waals surface area contributed by atoms with Crippen molar-refractivity contribution in [2.24, 2.45) is 7.05 Å². The summed E-state index contributed by atoms with van der Waals surface area (Å²) in [4.78, 5) is 4.32. The number of aryl methyl sites for hydroxylation is 1. The quantitative estimate of drug-likeness (QED) is 0.719. The fourth-order valence-corrected chi connectivity index (χ4v) is 1.43. The topological polar surface area (TPSA) is 55.9 Å². The smallest absolute Gasteiger partial charge is 0.200 e. The Morgan fingerprint density at radius 1 is 1.54 bits per heavy atom. The lowest BCUT2D eigenvalue weighted by Crippen LogP contribution is -2.11. The molecule has 0 amide bonds. The second-order valence-electron chi connectivity index (χ2n) is 3.20. The van der Waals surface area contributed by atoms with Crippen LogP contribution in [0.1, 0.15) is 24.7 Å². The minimum absolute atomic E-state index is 0.605. The summed E-state index contributed by atoms with van der Waals surface area (Å²) in [6.07, 6.45) is 2.11. The van der Waals surface area contributed by atoms with Gasteiger partial charge in [0.15, 0.2) is 5.95 Å². The zero-order chi connectivity index (χ0) is 9.84. The highest BCUT2D eigenvalue weighted by atomic mass is 15.2. The summed E-state index contributed by atoms with van der Waals surface area (Å²) in [6, 6.07) is 0. The lowest BCUT2D eigenvalue weighted by Gasteiger charge is -2.04. The molecule has 0 aromatic carbocycles. The fourth-order valence-electron chi connectivity index (χ4n) is 1.43. The van der Waals surface area contributed by atoms with Crippen molar-refractivity contribution in [2.45, 2.75) is 26.3 Å². The molecular weight excluding hydrogens is 164 g/mol. The molecular formula is C9H18N4. The van der Waals surface area contributed by atoms with E-state index in [0.29, 0.717) is 5.95 Å². The van der Waals surface area contributed by atoms with Crippen molar-refractivity contribution >= 4 is 5.95 Å². The van der Waals surface area contributed by atoms with E-state index in [2.05, 4.69) is 17.2 Å². The van der Waals surface area contributed by atoms with Crippen LogP contribution in [-0.4, -0.2) is 16.6 Å². The summed E-state index contributed by atoms with van der Waals surface area (Å²) in [5.41, 5.74) is 8.04. The van der Waals surface area contributed by atoms with Crippen molar-refractivity contribution < 1.29 is 0 Å². The van der Waals surface area contributed by atoms with Gasteiger partial charge in [-0.05, 0) is 13.5 Å². The Labute approximate surface area is 79.1 Å². The van der Waals surface area contributed by atoms with Gasteiger partial charge in [0.25, 0.3) is 0 Å². The van der Waals surface area contributed by atoms with Gasteiger partial charge in [-0.15, -0.1) is 0 Å². The number of aromatic nitrogens is 2. The van der Waals surface area contributed by atoms with Crippen molar-refractivity contribution in [2.75, 3.05) is 12.8 Å². The van der Waals surface area contributed by atoms with Crippen LogP contribution < -0.4 is 11.1 Å². The van der Waals surface area contributed by atoms with Crippen LogP contribution in [0.15, 0.2) is 0 Å². The van der Waals surface area contributed by atoms with Gasteiger partial charge in [0.05, 0.1) is 11.4 Å². The van der Waals surface area contributed by atoms with Gasteiger partial charge >= 0.3 is 0 Å². The van der Waals surface area contributed by atoms with E-state index in [4.69, 9.17) is 5.73 Å². The third-order valence-corrected chi connectivity index (χ3v) is 2.16. The molecule has 4 nitrogen and oxygen atoms in total. The Bertz CT molecular complexity index is 277. The maximum atomic E-state index is 5.73. The van der Waals surface area contributed by atoms with Gasteiger partial charge in [0.2, 0.25) is 0 Å². The van der Waals surface area contributed by atoms with Gasteiger partial charge in [-0.1, -0.05) is 13.3 Å². The van der Waals surface area contributed by atoms with Crippen LogP contribution in [0.4, 0.5) is 5.95 Å². The molecule has 0 saturated heterocycles. The van der Waals surface area contributed by atoms with E-state index in [9.17, 15) is 0 Å². The largest absolute Gasteiger partial charge is 0.369 e. The Hall–Kier alpha value is -1.03. The van der Waals surface area contributed by atoms with E-state index < -0.39 is 0 Å². The maximum Gasteiger partial charge on any atom is 0.200 e. The van der Waals surface area contributed by atoms with Crippen LogP contribution in [-0.2, 0) is 20.0 Å². The summed E-state index contributed by atoms with van der Waals surface area (Å²) in [6.45, 7) is 2.98. The molecule has 0 saturated carbocycles. The number of hydrogen-bond donors (Lipinski definition) is 2. The van der Waals surface area contributed by atoms with E-state index >= 15 is 0 Å². The van der Waals surface area contributed by atoms with Crippen molar-refractivity contribution in [3.8, 4) is 0 Å². The summed E-state index contributed by atoms with van der Waals surface area (Å²) in [5, 5.41) is 3.12. The maximum absolute atomic E-state index is 5.73. The molecule has 0 aliphatic carbocycles. The van der Waals surface area contributed by atoms with Crippen molar-refractivity contribution in [1.29, 1.82) is 0 Å². The molecule has 0 atom stereocenters. The first-order valence-corrected chi connectivity index (χ1v) is 4.65. The molecule has 0 unspecified atom stereocenters. The number of rotatable bonds is 4. The van der Waals surface area contributed by atoms with Crippen LogP contribution in [0.25, 0.3) is 0 Å². The van der Waals surface area contributed by atoms with Crippen molar-refractivity contribution in [1.82, 2.24) is 14.9 Å². The number of nitrogens with one attached hydrogen (secondary N) is 1. The molecule has 74 valence electrons. The molecule has 1 heterocycles. The summed E-state index contributed by atoms with van der Waals surface area (Å²) >= 11 is 0. The van der Waals surface area contributed by atoms with Gasteiger partial charge in [-0.2, -0.15) is 0 Å². The standard InChI is InChI=1S/C9H18N4/c1-4-5-7-8(6-11-2)13(3)9(10)12-7/h11H,4-6H2,1-3H3,(H2,10,12). The number of nitrogens with two attached hydrogens (primary N) is 1. The first-order valence-electron chi connectivity index (χ1n) is 4.65. The van der Waals surface area contributed by atoms with Gasteiger partial charge in [-0.3, -0.25) is 0 Å². The number of anilines is 1. The Balaban J connectivity index is 2.96. The molecule has 1 aromatic heterocycles. The molecule has 4 heteroatoms. The minimum Gasteiger partial charge on any atom is -0.369 e. The Morgan fingerprint density at radius 2 is 2.23 bits per heavy atom. The summed E-state index contributed by atoms with van der Waals surface area (Å²) in [7, 11) is 3.88. The summed E-state index contributed by atoms with van der Waals surface area (Å²) < 4.78 is 1.95. The van der Waals surface area contributed by atoms with E-state index in [0.717, 1.165) is 25.1 Å². The van der Waals surface area contributed by atoms with Crippen LogP contribution >= 0.6 is 0 Å². The van der Waals surface area contributed by atoms with Gasteiger partial charge in [0, 0.05) is 13.6 Å². The third-order valence-electron chi connectivity index (χ3n) is 2.16. The molecule has 1 aromatic rings. The van der Waals surface area contributed by atoms with Crippen LogP contribution in [0.3, 0.4) is 0 Å². The van der Waals surface area contributed by atoms with Crippen molar-refractivity contribution in [3.05, 3.63) is 11.4 Å².